The van der Waals surface area contributed by atoms with Crippen LogP contribution in [0.1, 0.15) is 38.5 Å². The quantitative estimate of drug-likeness (QED) is 0.715. The molecule has 1 aliphatic carbocycles. The average molecular weight is 182 g/mol. The number of nitrogens with zero attached hydrogens (tertiary/aromatic N) is 1. The second kappa shape index (κ2) is 4.43. The lowest BCUT2D eigenvalue weighted by molar-refractivity contribution is 0.204. The van der Waals surface area contributed by atoms with E-state index >= 15 is 0 Å². The van der Waals surface area contributed by atoms with Crippen LogP contribution in [0.25, 0.3) is 0 Å². The molecule has 0 amide bonds. The van der Waals surface area contributed by atoms with Crippen molar-refractivity contribution in [2.45, 2.75) is 44.6 Å². The van der Waals surface area contributed by atoms with Gasteiger partial charge < -0.3 is 10.6 Å². The fourth-order valence-electron chi connectivity index (χ4n) is 2.30. The third kappa shape index (κ3) is 3.28. The zero-order valence-corrected chi connectivity index (χ0v) is 8.54. The van der Waals surface area contributed by atoms with Gasteiger partial charge in [-0.25, -0.2) is 0 Å². The van der Waals surface area contributed by atoms with Gasteiger partial charge >= 0.3 is 0 Å². The molecule has 0 aromatic carbocycles. The van der Waals surface area contributed by atoms with E-state index in [1.165, 1.54) is 51.6 Å². The Morgan fingerprint density at radius 1 is 1.23 bits per heavy atom. The fraction of sp³-hybridized carbons (Fsp3) is 1.00. The first-order valence-electron chi connectivity index (χ1n) is 5.82. The Morgan fingerprint density at radius 3 is 2.77 bits per heavy atom. The molecule has 1 saturated carbocycles. The average Bonchev–Trinajstić information content (AvgIpc) is 2.88. The monoisotopic (exact) mass is 182 g/mol. The van der Waals surface area contributed by atoms with Crippen LogP contribution in [0.5, 0.6) is 0 Å². The molecule has 1 unspecified atom stereocenters. The highest BCUT2D eigenvalue weighted by Gasteiger charge is 2.21. The highest BCUT2D eigenvalue weighted by molar-refractivity contribution is 4.77. The minimum Gasteiger partial charge on any atom is -0.327 e. The lowest BCUT2D eigenvalue weighted by Crippen LogP contribution is -2.43. The van der Waals surface area contributed by atoms with Gasteiger partial charge in [0.1, 0.15) is 0 Å². The van der Waals surface area contributed by atoms with Crippen molar-refractivity contribution in [3.05, 3.63) is 0 Å². The summed E-state index contributed by atoms with van der Waals surface area (Å²) < 4.78 is 0. The molecule has 1 aliphatic heterocycles. The van der Waals surface area contributed by atoms with Gasteiger partial charge in [-0.15, -0.1) is 0 Å². The van der Waals surface area contributed by atoms with E-state index in [4.69, 9.17) is 5.73 Å². The van der Waals surface area contributed by atoms with Crippen LogP contribution in [0.3, 0.4) is 0 Å². The Hall–Kier alpha value is -0.0800. The van der Waals surface area contributed by atoms with Crippen LogP contribution in [-0.2, 0) is 0 Å². The van der Waals surface area contributed by atoms with E-state index in [1.807, 2.05) is 0 Å². The van der Waals surface area contributed by atoms with Gasteiger partial charge in [-0.3, -0.25) is 0 Å². The predicted molar refractivity (Wildman–Crippen MR) is 55.6 cm³/mol. The second-order valence-electron chi connectivity index (χ2n) is 4.79. The molecule has 2 rings (SSSR count). The van der Waals surface area contributed by atoms with Crippen LogP contribution in [0, 0.1) is 5.92 Å². The Labute approximate surface area is 81.5 Å². The molecule has 2 nitrogen and oxygen atoms in total. The molecule has 0 spiro atoms. The summed E-state index contributed by atoms with van der Waals surface area (Å²) in [4.78, 5) is 2.55. The van der Waals surface area contributed by atoms with Gasteiger partial charge in [0.2, 0.25) is 0 Å². The van der Waals surface area contributed by atoms with Gasteiger partial charge in [0, 0.05) is 12.6 Å². The van der Waals surface area contributed by atoms with E-state index in [-0.39, 0.29) is 0 Å². The predicted octanol–water partition coefficient (Wildman–Crippen LogP) is 1.60. The fourth-order valence-corrected chi connectivity index (χ4v) is 2.30. The molecule has 0 aromatic rings. The Morgan fingerprint density at radius 2 is 2.08 bits per heavy atom. The first-order chi connectivity index (χ1) is 6.34. The van der Waals surface area contributed by atoms with Gasteiger partial charge in [0.15, 0.2) is 0 Å². The minimum atomic E-state index is 0.453. The molecule has 1 heterocycles. The van der Waals surface area contributed by atoms with Gasteiger partial charge in [0.05, 0.1) is 0 Å². The normalized spacial score (nSPS) is 30.7. The maximum Gasteiger partial charge on any atom is 0.0168 e. The summed E-state index contributed by atoms with van der Waals surface area (Å²) in [6.07, 6.45) is 8.41. The molecule has 1 atom stereocenters. The first kappa shape index (κ1) is 9.47. The molecule has 2 heteroatoms. The van der Waals surface area contributed by atoms with Crippen molar-refractivity contribution in [2.24, 2.45) is 11.7 Å². The SMILES string of the molecule is NC1CCCN(CCCC2CC2)C1. The van der Waals surface area contributed by atoms with Gasteiger partial charge in [-0.1, -0.05) is 12.8 Å². The second-order valence-corrected chi connectivity index (χ2v) is 4.79. The van der Waals surface area contributed by atoms with Crippen molar-refractivity contribution in [3.8, 4) is 0 Å². The van der Waals surface area contributed by atoms with E-state index in [9.17, 15) is 0 Å². The Bertz CT molecular complexity index is 154. The van der Waals surface area contributed by atoms with E-state index in [2.05, 4.69) is 4.90 Å². The third-order valence-corrected chi connectivity index (χ3v) is 3.33. The zero-order valence-electron chi connectivity index (χ0n) is 8.54. The molecule has 0 radical (unpaired) electrons. The van der Waals surface area contributed by atoms with Crippen LogP contribution < -0.4 is 5.73 Å². The highest BCUT2D eigenvalue weighted by atomic mass is 15.1. The maximum atomic E-state index is 5.93. The molecule has 1 saturated heterocycles. The summed E-state index contributed by atoms with van der Waals surface area (Å²) in [6.45, 7) is 3.73. The summed E-state index contributed by atoms with van der Waals surface area (Å²) in [6, 6.07) is 0.453. The molecular weight excluding hydrogens is 160 g/mol. The smallest absolute Gasteiger partial charge is 0.0168 e. The number of piperidine rings is 1. The number of nitrogens with two attached hydrogens (primary N) is 1. The first-order valence-corrected chi connectivity index (χ1v) is 5.82. The summed E-state index contributed by atoms with van der Waals surface area (Å²) >= 11 is 0. The lowest BCUT2D eigenvalue weighted by Gasteiger charge is -2.30. The largest absolute Gasteiger partial charge is 0.327 e. The van der Waals surface area contributed by atoms with E-state index in [0.717, 1.165) is 12.5 Å². The molecule has 13 heavy (non-hydrogen) atoms. The van der Waals surface area contributed by atoms with Crippen LogP contribution >= 0.6 is 0 Å². The maximum absolute atomic E-state index is 5.93. The van der Waals surface area contributed by atoms with Crippen molar-refractivity contribution in [1.29, 1.82) is 0 Å². The van der Waals surface area contributed by atoms with Crippen LogP contribution in [0.15, 0.2) is 0 Å². The molecule has 76 valence electrons. The summed E-state index contributed by atoms with van der Waals surface area (Å²) in [5.74, 6) is 1.10. The number of hydrogen-bond acceptors (Lipinski definition) is 2. The highest BCUT2D eigenvalue weighted by Crippen LogP contribution is 2.33. The van der Waals surface area contributed by atoms with Crippen molar-refractivity contribution in [3.63, 3.8) is 0 Å². The van der Waals surface area contributed by atoms with Crippen molar-refractivity contribution >= 4 is 0 Å². The van der Waals surface area contributed by atoms with E-state index in [1.54, 1.807) is 0 Å². The number of rotatable bonds is 4. The zero-order chi connectivity index (χ0) is 9.10. The minimum absolute atomic E-state index is 0.453. The van der Waals surface area contributed by atoms with Gasteiger partial charge in [-0.2, -0.15) is 0 Å². The third-order valence-electron chi connectivity index (χ3n) is 3.33. The van der Waals surface area contributed by atoms with Crippen molar-refractivity contribution < 1.29 is 0 Å². The molecule has 0 bridgehead atoms. The summed E-state index contributed by atoms with van der Waals surface area (Å²) in [5, 5.41) is 0. The van der Waals surface area contributed by atoms with Gasteiger partial charge in [0.25, 0.3) is 0 Å². The molecular formula is C11H22N2. The number of likely N-dealkylation sites (tertiary alicyclic amines) is 1. The number of hydrogen-bond donors (Lipinski definition) is 1. The van der Waals surface area contributed by atoms with Crippen molar-refractivity contribution in [1.82, 2.24) is 4.90 Å². The van der Waals surface area contributed by atoms with Crippen LogP contribution in [0.4, 0.5) is 0 Å². The van der Waals surface area contributed by atoms with Crippen LogP contribution in [-0.4, -0.2) is 30.6 Å². The van der Waals surface area contributed by atoms with Crippen molar-refractivity contribution in [2.75, 3.05) is 19.6 Å². The molecule has 0 aromatic heterocycles. The Kier molecular flexibility index (Phi) is 3.23. The van der Waals surface area contributed by atoms with Gasteiger partial charge in [-0.05, 0) is 44.7 Å². The van der Waals surface area contributed by atoms with E-state index in [0.29, 0.717) is 6.04 Å². The lowest BCUT2D eigenvalue weighted by atomic mass is 10.1. The summed E-state index contributed by atoms with van der Waals surface area (Å²) in [7, 11) is 0. The molecule has 2 aliphatic rings. The topological polar surface area (TPSA) is 29.3 Å². The van der Waals surface area contributed by atoms with Crippen LogP contribution in [0.2, 0.25) is 0 Å². The van der Waals surface area contributed by atoms with E-state index < -0.39 is 0 Å². The standard InChI is InChI=1S/C11H22N2/c12-11-4-2-8-13(9-11)7-1-3-10-5-6-10/h10-11H,1-9,12H2. The summed E-state index contributed by atoms with van der Waals surface area (Å²) in [5.41, 5.74) is 5.93. The molecule has 2 N–H and O–H groups in total. The Balaban J connectivity index is 1.56. The molecule has 2 fully saturated rings.